The van der Waals surface area contributed by atoms with E-state index in [2.05, 4.69) is 5.32 Å². The van der Waals surface area contributed by atoms with Crippen LogP contribution in [-0.4, -0.2) is 27.1 Å². The number of benzene rings is 2. The fourth-order valence-electron chi connectivity index (χ4n) is 2.19. The van der Waals surface area contributed by atoms with Crippen LogP contribution in [0.15, 0.2) is 48.5 Å². The first kappa shape index (κ1) is 19.2. The van der Waals surface area contributed by atoms with Crippen LogP contribution in [0.5, 0.6) is 0 Å². The molecule has 0 aliphatic rings. The lowest BCUT2D eigenvalue weighted by molar-refractivity contribution is -0.121. The summed E-state index contributed by atoms with van der Waals surface area (Å²) in [6, 6.07) is 12.1. The molecule has 5 nitrogen and oxygen atoms in total. The standard InChI is InChI=1S/C17H18ClFN2O3S/c1-25(23,24)21(16-8-4-14(18)5-9-16)11-10-17(22)20-12-13-2-6-15(19)7-3-13/h2-9H,10-12H2,1H3,(H,20,22). The second-order valence-corrected chi connectivity index (χ2v) is 7.81. The zero-order valence-corrected chi connectivity index (χ0v) is 15.1. The lowest BCUT2D eigenvalue weighted by atomic mass is 10.2. The van der Waals surface area contributed by atoms with Crippen LogP contribution in [-0.2, 0) is 21.4 Å². The van der Waals surface area contributed by atoms with Gasteiger partial charge in [-0.15, -0.1) is 0 Å². The van der Waals surface area contributed by atoms with Crippen molar-refractivity contribution >= 4 is 33.2 Å². The predicted molar refractivity (Wildman–Crippen MR) is 96.5 cm³/mol. The molecule has 2 aromatic carbocycles. The molecule has 0 atom stereocenters. The molecule has 0 spiro atoms. The Bertz CT molecular complexity index is 824. The number of hydrogen-bond acceptors (Lipinski definition) is 3. The summed E-state index contributed by atoms with van der Waals surface area (Å²) in [5, 5.41) is 3.18. The van der Waals surface area contributed by atoms with Gasteiger partial charge in [0.15, 0.2) is 0 Å². The van der Waals surface area contributed by atoms with Gasteiger partial charge in [0.25, 0.3) is 0 Å². The largest absolute Gasteiger partial charge is 0.352 e. The maximum Gasteiger partial charge on any atom is 0.232 e. The molecule has 0 bridgehead atoms. The Kier molecular flexibility index (Phi) is 6.39. The number of halogens is 2. The lowest BCUT2D eigenvalue weighted by Crippen LogP contribution is -2.34. The fourth-order valence-corrected chi connectivity index (χ4v) is 3.24. The number of anilines is 1. The van der Waals surface area contributed by atoms with Crippen LogP contribution in [0.3, 0.4) is 0 Å². The Balaban J connectivity index is 1.94. The van der Waals surface area contributed by atoms with Crippen molar-refractivity contribution in [2.24, 2.45) is 0 Å². The van der Waals surface area contributed by atoms with Crippen LogP contribution in [0.25, 0.3) is 0 Å². The Labute approximate surface area is 151 Å². The normalized spacial score (nSPS) is 11.2. The van der Waals surface area contributed by atoms with Gasteiger partial charge in [0, 0.05) is 24.5 Å². The van der Waals surface area contributed by atoms with Crippen LogP contribution >= 0.6 is 11.6 Å². The molecule has 0 heterocycles. The Morgan fingerprint density at radius 2 is 1.72 bits per heavy atom. The van der Waals surface area contributed by atoms with Crippen molar-refractivity contribution in [2.75, 3.05) is 17.1 Å². The van der Waals surface area contributed by atoms with E-state index in [1.54, 1.807) is 36.4 Å². The summed E-state index contributed by atoms with van der Waals surface area (Å²) in [4.78, 5) is 12.0. The molecule has 8 heteroatoms. The van der Waals surface area contributed by atoms with Crippen molar-refractivity contribution in [1.82, 2.24) is 5.32 Å². The number of carbonyl (C=O) groups is 1. The summed E-state index contributed by atoms with van der Waals surface area (Å²) in [7, 11) is -3.53. The minimum atomic E-state index is -3.53. The van der Waals surface area contributed by atoms with E-state index in [-0.39, 0.29) is 31.2 Å². The van der Waals surface area contributed by atoms with Crippen molar-refractivity contribution in [3.8, 4) is 0 Å². The maximum absolute atomic E-state index is 12.8. The van der Waals surface area contributed by atoms with Gasteiger partial charge in [-0.05, 0) is 42.0 Å². The molecule has 25 heavy (non-hydrogen) atoms. The summed E-state index contributed by atoms with van der Waals surface area (Å²) >= 11 is 5.81. The van der Waals surface area contributed by atoms with E-state index in [0.29, 0.717) is 10.7 Å². The van der Waals surface area contributed by atoms with Crippen molar-refractivity contribution in [3.05, 3.63) is 64.9 Å². The zero-order chi connectivity index (χ0) is 18.4. The third-order valence-electron chi connectivity index (χ3n) is 3.46. The molecule has 0 aromatic heterocycles. The van der Waals surface area contributed by atoms with Crippen molar-refractivity contribution in [1.29, 1.82) is 0 Å². The van der Waals surface area contributed by atoms with Gasteiger partial charge in [-0.3, -0.25) is 9.10 Å². The number of rotatable bonds is 7. The highest BCUT2D eigenvalue weighted by Gasteiger charge is 2.18. The number of amides is 1. The van der Waals surface area contributed by atoms with E-state index in [9.17, 15) is 17.6 Å². The molecule has 2 aromatic rings. The molecule has 0 saturated carbocycles. The van der Waals surface area contributed by atoms with Crippen LogP contribution in [0, 0.1) is 5.82 Å². The first-order chi connectivity index (χ1) is 11.8. The van der Waals surface area contributed by atoms with Crippen molar-refractivity contribution in [2.45, 2.75) is 13.0 Å². The maximum atomic E-state index is 12.8. The van der Waals surface area contributed by atoms with E-state index in [1.807, 2.05) is 0 Å². The summed E-state index contributed by atoms with van der Waals surface area (Å²) in [6.07, 6.45) is 1.08. The van der Waals surface area contributed by atoms with E-state index < -0.39 is 10.0 Å². The van der Waals surface area contributed by atoms with E-state index >= 15 is 0 Å². The highest BCUT2D eigenvalue weighted by Crippen LogP contribution is 2.20. The second-order valence-electron chi connectivity index (χ2n) is 5.46. The molecular weight excluding hydrogens is 367 g/mol. The fraction of sp³-hybridized carbons (Fsp3) is 0.235. The van der Waals surface area contributed by atoms with E-state index in [4.69, 9.17) is 11.6 Å². The predicted octanol–water partition coefficient (Wildman–Crippen LogP) is 2.95. The molecule has 0 unspecified atom stereocenters. The highest BCUT2D eigenvalue weighted by molar-refractivity contribution is 7.92. The number of carbonyl (C=O) groups excluding carboxylic acids is 1. The lowest BCUT2D eigenvalue weighted by Gasteiger charge is -2.22. The minimum Gasteiger partial charge on any atom is -0.352 e. The Morgan fingerprint density at radius 1 is 1.12 bits per heavy atom. The molecule has 0 fully saturated rings. The number of nitrogens with zero attached hydrogens (tertiary/aromatic N) is 1. The van der Waals surface area contributed by atoms with Crippen LogP contribution in [0.4, 0.5) is 10.1 Å². The Hall–Kier alpha value is -2.12. The molecule has 1 amide bonds. The summed E-state index contributed by atoms with van der Waals surface area (Å²) in [5.74, 6) is -0.645. The van der Waals surface area contributed by atoms with Gasteiger partial charge in [0.1, 0.15) is 5.82 Å². The molecule has 134 valence electrons. The van der Waals surface area contributed by atoms with E-state index in [0.717, 1.165) is 16.1 Å². The third-order valence-corrected chi connectivity index (χ3v) is 4.91. The van der Waals surface area contributed by atoms with Gasteiger partial charge >= 0.3 is 0 Å². The average molecular weight is 385 g/mol. The number of hydrogen-bond donors (Lipinski definition) is 1. The SMILES string of the molecule is CS(=O)(=O)N(CCC(=O)NCc1ccc(F)cc1)c1ccc(Cl)cc1. The van der Waals surface area contributed by atoms with Gasteiger partial charge < -0.3 is 5.32 Å². The third kappa shape index (κ3) is 6.03. The molecule has 0 aliphatic carbocycles. The Morgan fingerprint density at radius 3 is 2.28 bits per heavy atom. The van der Waals surface area contributed by atoms with Crippen LogP contribution < -0.4 is 9.62 Å². The summed E-state index contributed by atoms with van der Waals surface area (Å²) in [6.45, 7) is 0.259. The monoisotopic (exact) mass is 384 g/mol. The second kappa shape index (κ2) is 8.31. The van der Waals surface area contributed by atoms with Crippen molar-refractivity contribution < 1.29 is 17.6 Å². The summed E-state index contributed by atoms with van der Waals surface area (Å²) in [5.41, 5.74) is 1.20. The summed E-state index contributed by atoms with van der Waals surface area (Å²) < 4.78 is 37.9. The molecule has 0 saturated heterocycles. The van der Waals surface area contributed by atoms with Crippen molar-refractivity contribution in [3.63, 3.8) is 0 Å². The molecule has 2 rings (SSSR count). The first-order valence-electron chi connectivity index (χ1n) is 7.50. The zero-order valence-electron chi connectivity index (χ0n) is 13.6. The first-order valence-corrected chi connectivity index (χ1v) is 9.73. The number of sulfonamides is 1. The topological polar surface area (TPSA) is 66.5 Å². The van der Waals surface area contributed by atoms with Gasteiger partial charge in [-0.25, -0.2) is 12.8 Å². The molecule has 0 aliphatic heterocycles. The average Bonchev–Trinajstić information content (AvgIpc) is 2.55. The van der Waals surface area contributed by atoms with E-state index in [1.165, 1.54) is 12.1 Å². The van der Waals surface area contributed by atoms with Gasteiger partial charge in [-0.2, -0.15) is 0 Å². The van der Waals surface area contributed by atoms with Gasteiger partial charge in [0.05, 0.1) is 11.9 Å². The van der Waals surface area contributed by atoms with Gasteiger partial charge in [-0.1, -0.05) is 23.7 Å². The minimum absolute atomic E-state index is 0.00308. The smallest absolute Gasteiger partial charge is 0.232 e. The molecule has 1 N–H and O–H groups in total. The molecular formula is C17H18ClFN2O3S. The number of nitrogens with one attached hydrogen (secondary N) is 1. The highest BCUT2D eigenvalue weighted by atomic mass is 35.5. The van der Waals surface area contributed by atoms with Crippen LogP contribution in [0.1, 0.15) is 12.0 Å². The molecule has 0 radical (unpaired) electrons. The van der Waals surface area contributed by atoms with Gasteiger partial charge in [0.2, 0.25) is 15.9 Å². The van der Waals surface area contributed by atoms with Crippen LogP contribution in [0.2, 0.25) is 5.02 Å². The quantitative estimate of drug-likeness (QED) is 0.798.